The fourth-order valence-electron chi connectivity index (χ4n) is 3.75. The highest BCUT2D eigenvalue weighted by Crippen LogP contribution is 2.24. The molecular weight excluding hydrogens is 381 g/mol. The smallest absolute Gasteiger partial charge is 0.282 e. The Morgan fingerprint density at radius 3 is 2.38 bits per heavy atom. The first-order valence-corrected chi connectivity index (χ1v) is 10.0. The highest BCUT2D eigenvalue weighted by atomic mass is 19.3. The number of benzene rings is 1. The summed E-state index contributed by atoms with van der Waals surface area (Å²) in [7, 11) is 0. The zero-order chi connectivity index (χ0) is 20.8. The van der Waals surface area contributed by atoms with Crippen molar-refractivity contribution in [3.8, 4) is 0 Å². The summed E-state index contributed by atoms with van der Waals surface area (Å²) in [5.74, 6) is -0.588. The molecule has 0 spiro atoms. The molecule has 0 aliphatic carbocycles. The summed E-state index contributed by atoms with van der Waals surface area (Å²) in [6.07, 6.45) is 1.89. The van der Waals surface area contributed by atoms with Gasteiger partial charge in [-0.2, -0.15) is 5.10 Å². The number of aromatic nitrogens is 2. The monoisotopic (exact) mass is 408 g/mol. The lowest BCUT2D eigenvalue weighted by Crippen LogP contribution is -2.39. The molecule has 1 unspecified atom stereocenters. The average Bonchev–Trinajstić information content (AvgIpc) is 2.89. The molecular formula is C21H27F3N4O. The van der Waals surface area contributed by atoms with E-state index in [1.165, 1.54) is 35.7 Å². The molecule has 0 bridgehead atoms. The third kappa shape index (κ3) is 5.82. The summed E-state index contributed by atoms with van der Waals surface area (Å²) in [6.45, 7) is 3.74. The van der Waals surface area contributed by atoms with Gasteiger partial charge in [-0.1, -0.05) is 25.0 Å². The second-order valence-corrected chi connectivity index (χ2v) is 7.49. The van der Waals surface area contributed by atoms with Gasteiger partial charge < -0.3 is 5.32 Å². The van der Waals surface area contributed by atoms with Crippen LogP contribution in [0.15, 0.2) is 30.3 Å². The van der Waals surface area contributed by atoms with E-state index in [-0.39, 0.29) is 30.0 Å². The highest BCUT2D eigenvalue weighted by molar-refractivity contribution is 5.75. The number of hydrogen-bond donors (Lipinski definition) is 1. The summed E-state index contributed by atoms with van der Waals surface area (Å²) >= 11 is 0. The topological polar surface area (TPSA) is 50.2 Å². The molecule has 0 radical (unpaired) electrons. The van der Waals surface area contributed by atoms with Crippen LogP contribution in [0.1, 0.15) is 55.1 Å². The lowest BCUT2D eigenvalue weighted by atomic mass is 10.0. The minimum atomic E-state index is -2.66. The Balaban J connectivity index is 1.67. The summed E-state index contributed by atoms with van der Waals surface area (Å²) in [5.41, 5.74) is 1.13. The molecule has 29 heavy (non-hydrogen) atoms. The molecule has 1 atom stereocenters. The van der Waals surface area contributed by atoms with Gasteiger partial charge >= 0.3 is 0 Å². The molecule has 158 valence electrons. The van der Waals surface area contributed by atoms with E-state index in [1.807, 2.05) is 0 Å². The van der Waals surface area contributed by atoms with Gasteiger partial charge in [-0.25, -0.2) is 13.2 Å². The zero-order valence-electron chi connectivity index (χ0n) is 16.6. The lowest BCUT2D eigenvalue weighted by Gasteiger charge is -2.31. The number of alkyl halides is 2. The molecule has 8 heteroatoms. The molecule has 1 saturated heterocycles. The van der Waals surface area contributed by atoms with Gasteiger partial charge in [0.05, 0.1) is 6.04 Å². The van der Waals surface area contributed by atoms with Gasteiger partial charge in [0.2, 0.25) is 5.91 Å². The first kappa shape index (κ1) is 21.4. The minimum Gasteiger partial charge on any atom is -0.353 e. The number of carbonyl (C=O) groups excluding carboxylic acids is 1. The standard InChI is InChI=1S/C21H27F3N4O/c1-15-12-18(21(23)24)26-28(15)14-20(29)25-13-19(16-6-8-17(22)9-7-16)27-10-4-2-3-5-11-27/h6-9,12,19,21H,2-5,10-11,13-14H2,1H3,(H,25,29). The number of halogens is 3. The number of aryl methyl sites for hydroxylation is 1. The van der Waals surface area contributed by atoms with Crippen molar-refractivity contribution in [1.82, 2.24) is 20.0 Å². The second kappa shape index (κ2) is 9.91. The van der Waals surface area contributed by atoms with Crippen molar-refractivity contribution in [1.29, 1.82) is 0 Å². The number of likely N-dealkylation sites (tertiary alicyclic amines) is 1. The molecule has 1 aliphatic heterocycles. The Bertz CT molecular complexity index is 799. The SMILES string of the molecule is Cc1cc(C(F)F)nn1CC(=O)NCC(c1ccc(F)cc1)N1CCCCCC1. The van der Waals surface area contributed by atoms with E-state index in [2.05, 4.69) is 15.3 Å². The highest BCUT2D eigenvalue weighted by Gasteiger charge is 2.23. The molecule has 1 aromatic heterocycles. The van der Waals surface area contributed by atoms with Crippen LogP contribution in [0, 0.1) is 12.7 Å². The Kier molecular flexibility index (Phi) is 7.30. The Labute approximate surface area is 168 Å². The van der Waals surface area contributed by atoms with Gasteiger partial charge in [0, 0.05) is 12.2 Å². The zero-order valence-corrected chi connectivity index (χ0v) is 16.6. The van der Waals surface area contributed by atoms with Crippen molar-refractivity contribution in [3.63, 3.8) is 0 Å². The van der Waals surface area contributed by atoms with Crippen LogP contribution in [0.3, 0.4) is 0 Å². The number of rotatable bonds is 7. The van der Waals surface area contributed by atoms with Crippen LogP contribution in [-0.4, -0.2) is 40.2 Å². The number of nitrogens with zero attached hydrogens (tertiary/aromatic N) is 3. The fourth-order valence-corrected chi connectivity index (χ4v) is 3.75. The van der Waals surface area contributed by atoms with Crippen LogP contribution in [0.25, 0.3) is 0 Å². The number of hydrogen-bond acceptors (Lipinski definition) is 3. The van der Waals surface area contributed by atoms with Crippen molar-refractivity contribution in [2.45, 2.75) is 51.6 Å². The van der Waals surface area contributed by atoms with Gasteiger partial charge in [0.15, 0.2) is 0 Å². The van der Waals surface area contributed by atoms with E-state index in [0.29, 0.717) is 12.2 Å². The Morgan fingerprint density at radius 1 is 1.14 bits per heavy atom. The van der Waals surface area contributed by atoms with Crippen LogP contribution < -0.4 is 5.32 Å². The second-order valence-electron chi connectivity index (χ2n) is 7.49. The summed E-state index contributed by atoms with van der Waals surface area (Å²) in [6, 6.07) is 7.60. The Morgan fingerprint density at radius 2 is 1.79 bits per heavy atom. The van der Waals surface area contributed by atoms with Crippen molar-refractivity contribution < 1.29 is 18.0 Å². The molecule has 1 amide bonds. The lowest BCUT2D eigenvalue weighted by molar-refractivity contribution is -0.122. The van der Waals surface area contributed by atoms with Crippen molar-refractivity contribution >= 4 is 5.91 Å². The van der Waals surface area contributed by atoms with E-state index in [1.54, 1.807) is 19.1 Å². The van der Waals surface area contributed by atoms with Gasteiger partial charge in [-0.3, -0.25) is 14.4 Å². The van der Waals surface area contributed by atoms with E-state index in [0.717, 1.165) is 31.5 Å². The van der Waals surface area contributed by atoms with Gasteiger partial charge in [0.1, 0.15) is 18.1 Å². The third-order valence-corrected chi connectivity index (χ3v) is 5.35. The summed E-state index contributed by atoms with van der Waals surface area (Å²) < 4.78 is 40.2. The van der Waals surface area contributed by atoms with Crippen LogP contribution >= 0.6 is 0 Å². The molecule has 1 fully saturated rings. The normalized spacial score (nSPS) is 16.6. The van der Waals surface area contributed by atoms with Crippen molar-refractivity contribution in [2.24, 2.45) is 0 Å². The molecule has 0 saturated carbocycles. The molecule has 2 heterocycles. The predicted octanol–water partition coefficient (Wildman–Crippen LogP) is 4.00. The first-order chi connectivity index (χ1) is 13.9. The van der Waals surface area contributed by atoms with Gasteiger partial charge in [-0.05, 0) is 56.6 Å². The fraction of sp³-hybridized carbons (Fsp3) is 0.524. The van der Waals surface area contributed by atoms with E-state index in [9.17, 15) is 18.0 Å². The molecule has 2 aromatic rings. The van der Waals surface area contributed by atoms with Crippen LogP contribution in [-0.2, 0) is 11.3 Å². The van der Waals surface area contributed by atoms with E-state index >= 15 is 0 Å². The third-order valence-electron chi connectivity index (χ3n) is 5.35. The summed E-state index contributed by atoms with van der Waals surface area (Å²) in [5, 5.41) is 6.71. The first-order valence-electron chi connectivity index (χ1n) is 10.0. The largest absolute Gasteiger partial charge is 0.353 e. The van der Waals surface area contributed by atoms with Gasteiger partial charge in [-0.15, -0.1) is 0 Å². The average molecular weight is 408 g/mol. The predicted molar refractivity (Wildman–Crippen MR) is 104 cm³/mol. The number of nitrogens with one attached hydrogen (secondary N) is 1. The maximum absolute atomic E-state index is 13.4. The van der Waals surface area contributed by atoms with E-state index < -0.39 is 6.43 Å². The van der Waals surface area contributed by atoms with Crippen LogP contribution in [0.2, 0.25) is 0 Å². The maximum atomic E-state index is 13.4. The molecule has 1 aromatic carbocycles. The number of amides is 1. The Hall–Kier alpha value is -2.35. The summed E-state index contributed by atoms with van der Waals surface area (Å²) in [4.78, 5) is 14.8. The van der Waals surface area contributed by atoms with Crippen LogP contribution in [0.5, 0.6) is 0 Å². The van der Waals surface area contributed by atoms with Crippen LogP contribution in [0.4, 0.5) is 13.2 Å². The van der Waals surface area contributed by atoms with Gasteiger partial charge in [0.25, 0.3) is 6.43 Å². The maximum Gasteiger partial charge on any atom is 0.282 e. The van der Waals surface area contributed by atoms with Crippen molar-refractivity contribution in [2.75, 3.05) is 19.6 Å². The number of carbonyl (C=O) groups is 1. The minimum absolute atomic E-state index is 0.0620. The molecule has 1 aliphatic rings. The quantitative estimate of drug-likeness (QED) is 0.753. The molecule has 1 N–H and O–H groups in total. The molecule has 3 rings (SSSR count). The van der Waals surface area contributed by atoms with E-state index in [4.69, 9.17) is 0 Å². The molecule has 5 nitrogen and oxygen atoms in total. The van der Waals surface area contributed by atoms with Crippen molar-refractivity contribution in [3.05, 3.63) is 53.1 Å².